The first-order valence-electron chi connectivity index (χ1n) is 9.28. The average Bonchev–Trinajstić information content (AvgIpc) is 3.14. The quantitative estimate of drug-likeness (QED) is 0.445. The molecule has 146 valence electrons. The smallest absolute Gasteiger partial charge is 0.250 e. The summed E-state index contributed by atoms with van der Waals surface area (Å²) in [5, 5.41) is 12.0. The Kier molecular flexibility index (Phi) is 8.77. The van der Waals surface area contributed by atoms with Crippen LogP contribution in [0.15, 0.2) is 24.3 Å². The number of nitrogens with one attached hydrogen (secondary N) is 1. The molecule has 0 bridgehead atoms. The van der Waals surface area contributed by atoms with Crippen LogP contribution in [0.5, 0.6) is 11.5 Å². The van der Waals surface area contributed by atoms with Gasteiger partial charge in [0.15, 0.2) is 11.5 Å². The van der Waals surface area contributed by atoms with Crippen LogP contribution in [0.25, 0.3) is 6.08 Å². The summed E-state index contributed by atoms with van der Waals surface area (Å²) < 4.78 is 11.2. The number of hydrogen-bond donors (Lipinski definition) is 1. The maximum atomic E-state index is 12.0. The molecule has 27 heavy (non-hydrogen) atoms. The molecule has 2 rings (SSSR count). The van der Waals surface area contributed by atoms with E-state index in [9.17, 15) is 4.79 Å². The summed E-state index contributed by atoms with van der Waals surface area (Å²) in [6.07, 6.45) is 8.63. The second-order valence-electron chi connectivity index (χ2n) is 6.00. The van der Waals surface area contributed by atoms with E-state index in [0.717, 1.165) is 29.2 Å². The summed E-state index contributed by atoms with van der Waals surface area (Å²) in [5.74, 6) is 1.13. The van der Waals surface area contributed by atoms with Crippen LogP contribution in [0.1, 0.15) is 50.1 Å². The molecular formula is C20H27N3O3S. The van der Waals surface area contributed by atoms with Gasteiger partial charge in [0.2, 0.25) is 11.0 Å². The normalized spacial score (nSPS) is 10.9. The minimum Gasteiger partial charge on any atom is -0.493 e. The summed E-state index contributed by atoms with van der Waals surface area (Å²) in [4.78, 5) is 12.0. The van der Waals surface area contributed by atoms with Crippen molar-refractivity contribution in [3.8, 4) is 11.5 Å². The molecule has 0 aliphatic rings. The van der Waals surface area contributed by atoms with Crippen molar-refractivity contribution in [1.29, 1.82) is 0 Å². The molecule has 1 N–H and O–H groups in total. The number of carbonyl (C=O) groups excluding carboxylic acids is 1. The van der Waals surface area contributed by atoms with Crippen molar-refractivity contribution in [2.75, 3.05) is 19.0 Å². The lowest BCUT2D eigenvalue weighted by atomic mass is 10.2. The second-order valence-corrected chi connectivity index (χ2v) is 7.06. The molecule has 1 aromatic carbocycles. The van der Waals surface area contributed by atoms with Crippen LogP contribution in [0.2, 0.25) is 0 Å². The molecule has 1 amide bonds. The van der Waals surface area contributed by atoms with Crippen molar-refractivity contribution in [1.82, 2.24) is 10.2 Å². The monoisotopic (exact) mass is 389 g/mol. The number of aryl methyl sites for hydroxylation is 1. The fourth-order valence-corrected chi connectivity index (χ4v) is 3.07. The molecule has 6 nitrogen and oxygen atoms in total. The van der Waals surface area contributed by atoms with Crippen molar-refractivity contribution >= 4 is 28.5 Å². The van der Waals surface area contributed by atoms with E-state index in [1.807, 2.05) is 25.1 Å². The van der Waals surface area contributed by atoms with Gasteiger partial charge in [-0.3, -0.25) is 10.1 Å². The number of nitrogens with zero attached hydrogens (tertiary/aromatic N) is 2. The molecule has 0 unspecified atom stereocenters. The first kappa shape index (κ1) is 20.9. The number of benzene rings is 1. The number of ether oxygens (including phenoxy) is 2. The Bertz CT molecular complexity index is 759. The molecule has 0 saturated heterocycles. The molecule has 0 atom stereocenters. The van der Waals surface area contributed by atoms with Gasteiger partial charge in [-0.2, -0.15) is 0 Å². The lowest BCUT2D eigenvalue weighted by Crippen LogP contribution is -2.07. The largest absolute Gasteiger partial charge is 0.493 e. The number of unbranched alkanes of at least 4 members (excludes halogenated alkanes) is 3. The van der Waals surface area contributed by atoms with Gasteiger partial charge in [-0.05, 0) is 36.6 Å². The van der Waals surface area contributed by atoms with E-state index in [2.05, 4.69) is 22.4 Å². The second kappa shape index (κ2) is 11.3. The highest BCUT2D eigenvalue weighted by Crippen LogP contribution is 2.29. The minimum absolute atomic E-state index is 0.246. The fraction of sp³-hybridized carbons (Fsp3) is 0.450. The number of anilines is 1. The SMILES string of the molecule is CCCCCCOc1ccc(C=CC(=O)Nc2nnc(CC)s2)cc1OC. The maximum absolute atomic E-state index is 12.0. The van der Waals surface area contributed by atoms with Gasteiger partial charge >= 0.3 is 0 Å². The van der Waals surface area contributed by atoms with E-state index in [-0.39, 0.29) is 5.91 Å². The van der Waals surface area contributed by atoms with Gasteiger partial charge in [-0.25, -0.2) is 0 Å². The van der Waals surface area contributed by atoms with Gasteiger partial charge < -0.3 is 9.47 Å². The average molecular weight is 390 g/mol. The summed E-state index contributed by atoms with van der Waals surface area (Å²) in [7, 11) is 1.61. The molecule has 0 fully saturated rings. The fourth-order valence-electron chi connectivity index (χ4n) is 2.38. The first-order chi connectivity index (χ1) is 13.2. The maximum Gasteiger partial charge on any atom is 0.250 e. The molecule has 0 spiro atoms. The Labute approximate surface area is 164 Å². The van der Waals surface area contributed by atoms with Crippen molar-refractivity contribution in [2.24, 2.45) is 0 Å². The third kappa shape index (κ3) is 7.02. The number of rotatable bonds is 11. The zero-order chi connectivity index (χ0) is 19.5. The number of amides is 1. The van der Waals surface area contributed by atoms with Crippen LogP contribution in [0.4, 0.5) is 5.13 Å². The Morgan fingerprint density at radius 2 is 2.04 bits per heavy atom. The molecule has 0 aliphatic heterocycles. The van der Waals surface area contributed by atoms with E-state index in [4.69, 9.17) is 9.47 Å². The van der Waals surface area contributed by atoms with E-state index in [1.165, 1.54) is 36.7 Å². The molecule has 0 saturated carbocycles. The van der Waals surface area contributed by atoms with Crippen molar-refractivity contribution < 1.29 is 14.3 Å². The van der Waals surface area contributed by atoms with Gasteiger partial charge in [-0.1, -0.05) is 50.5 Å². The molecule has 1 heterocycles. The number of carbonyl (C=O) groups is 1. The minimum atomic E-state index is -0.246. The lowest BCUT2D eigenvalue weighted by molar-refractivity contribution is -0.111. The van der Waals surface area contributed by atoms with Gasteiger partial charge in [0.1, 0.15) is 5.01 Å². The van der Waals surface area contributed by atoms with Crippen molar-refractivity contribution in [3.05, 3.63) is 34.8 Å². The van der Waals surface area contributed by atoms with Crippen LogP contribution in [-0.4, -0.2) is 29.8 Å². The first-order valence-corrected chi connectivity index (χ1v) is 10.1. The van der Waals surface area contributed by atoms with E-state index >= 15 is 0 Å². The highest BCUT2D eigenvalue weighted by atomic mass is 32.1. The Balaban J connectivity index is 1.91. The lowest BCUT2D eigenvalue weighted by Gasteiger charge is -2.11. The Morgan fingerprint density at radius 1 is 1.19 bits per heavy atom. The zero-order valence-corrected chi connectivity index (χ0v) is 17.0. The van der Waals surface area contributed by atoms with Gasteiger partial charge in [-0.15, -0.1) is 10.2 Å². The molecule has 2 aromatic rings. The summed E-state index contributed by atoms with van der Waals surface area (Å²) in [6, 6.07) is 5.62. The summed E-state index contributed by atoms with van der Waals surface area (Å²) >= 11 is 1.38. The van der Waals surface area contributed by atoms with Gasteiger partial charge in [0, 0.05) is 6.08 Å². The molecule has 7 heteroatoms. The topological polar surface area (TPSA) is 73.3 Å². The standard InChI is InChI=1S/C20H27N3O3S/c1-4-6-7-8-13-26-16-11-9-15(14-17(16)25-3)10-12-18(24)21-20-23-22-19(5-2)27-20/h9-12,14H,4-8,13H2,1-3H3,(H,21,23,24). The van der Waals surface area contributed by atoms with Crippen LogP contribution in [0.3, 0.4) is 0 Å². The summed E-state index contributed by atoms with van der Waals surface area (Å²) in [5.41, 5.74) is 0.854. The number of aromatic nitrogens is 2. The molecule has 0 aliphatic carbocycles. The van der Waals surface area contributed by atoms with Crippen LogP contribution < -0.4 is 14.8 Å². The van der Waals surface area contributed by atoms with Crippen molar-refractivity contribution in [3.63, 3.8) is 0 Å². The molecule has 0 radical (unpaired) electrons. The van der Waals surface area contributed by atoms with Crippen LogP contribution >= 0.6 is 11.3 Å². The van der Waals surface area contributed by atoms with Crippen LogP contribution in [0, 0.1) is 0 Å². The Morgan fingerprint density at radius 3 is 2.74 bits per heavy atom. The predicted molar refractivity (Wildman–Crippen MR) is 110 cm³/mol. The predicted octanol–water partition coefficient (Wildman–Crippen LogP) is 4.72. The highest BCUT2D eigenvalue weighted by Gasteiger charge is 2.07. The number of hydrogen-bond acceptors (Lipinski definition) is 6. The van der Waals surface area contributed by atoms with Crippen LogP contribution in [-0.2, 0) is 11.2 Å². The number of methoxy groups -OCH3 is 1. The molecular weight excluding hydrogens is 362 g/mol. The van der Waals surface area contributed by atoms with E-state index in [0.29, 0.717) is 17.5 Å². The Hall–Kier alpha value is -2.41. The van der Waals surface area contributed by atoms with E-state index < -0.39 is 0 Å². The third-order valence-corrected chi connectivity index (χ3v) is 4.85. The molecule has 1 aromatic heterocycles. The summed E-state index contributed by atoms with van der Waals surface area (Å²) in [6.45, 7) is 4.86. The highest BCUT2D eigenvalue weighted by molar-refractivity contribution is 7.15. The van der Waals surface area contributed by atoms with Gasteiger partial charge in [0.25, 0.3) is 0 Å². The van der Waals surface area contributed by atoms with Crippen molar-refractivity contribution in [2.45, 2.75) is 46.0 Å². The zero-order valence-electron chi connectivity index (χ0n) is 16.2. The third-order valence-electron chi connectivity index (χ3n) is 3.87. The van der Waals surface area contributed by atoms with E-state index in [1.54, 1.807) is 13.2 Å². The van der Waals surface area contributed by atoms with Gasteiger partial charge in [0.05, 0.1) is 13.7 Å².